The number of fused-ring (bicyclic) bond motifs is 1. The summed E-state index contributed by atoms with van der Waals surface area (Å²) in [5, 5.41) is 15.0. The molecule has 1 heterocycles. The lowest BCUT2D eigenvalue weighted by Gasteiger charge is -2.24. The van der Waals surface area contributed by atoms with Crippen LogP contribution in [0.2, 0.25) is 0 Å². The molecule has 0 aromatic heterocycles. The van der Waals surface area contributed by atoms with Gasteiger partial charge in [0.15, 0.2) is 0 Å². The molecule has 26 heavy (non-hydrogen) atoms. The van der Waals surface area contributed by atoms with Crippen LogP contribution in [0.5, 0.6) is 0 Å². The fraction of sp³-hybridized carbons (Fsp3) is 0.526. The van der Waals surface area contributed by atoms with Gasteiger partial charge in [-0.2, -0.15) is 0 Å². The normalized spacial score (nSPS) is 19.4. The van der Waals surface area contributed by atoms with Gasteiger partial charge in [0.25, 0.3) is 0 Å². The Morgan fingerprint density at radius 1 is 1.19 bits per heavy atom. The minimum atomic E-state index is -1.18. The van der Waals surface area contributed by atoms with Crippen molar-refractivity contribution in [2.24, 2.45) is 5.92 Å². The molecular weight excluding hydrogens is 334 g/mol. The maximum atomic E-state index is 12.7. The highest BCUT2D eigenvalue weighted by Crippen LogP contribution is 2.24. The lowest BCUT2D eigenvalue weighted by atomic mass is 9.99. The van der Waals surface area contributed by atoms with Crippen molar-refractivity contribution in [3.63, 3.8) is 0 Å². The second-order valence-corrected chi connectivity index (χ2v) is 7.07. The van der Waals surface area contributed by atoms with Gasteiger partial charge in [0, 0.05) is 13.6 Å². The maximum absolute atomic E-state index is 12.7. The number of carbonyl (C=O) groups is 3. The van der Waals surface area contributed by atoms with Crippen LogP contribution < -0.4 is 10.6 Å². The van der Waals surface area contributed by atoms with Crippen molar-refractivity contribution < 1.29 is 19.5 Å². The molecular formula is C19H27N3O4. The van der Waals surface area contributed by atoms with E-state index >= 15 is 0 Å². The van der Waals surface area contributed by atoms with Crippen LogP contribution in [0.3, 0.4) is 0 Å². The zero-order chi connectivity index (χ0) is 19.4. The number of aliphatic hydroxyl groups excluding tert-OH is 1. The molecule has 1 aliphatic heterocycles. The molecule has 1 aliphatic rings. The number of nitrogens with zero attached hydrogens (tertiary/aromatic N) is 1. The van der Waals surface area contributed by atoms with Gasteiger partial charge in [0.05, 0.1) is 0 Å². The molecule has 0 unspecified atom stereocenters. The van der Waals surface area contributed by atoms with Crippen LogP contribution >= 0.6 is 0 Å². The molecule has 0 radical (unpaired) electrons. The lowest BCUT2D eigenvalue weighted by Crippen LogP contribution is -2.51. The zero-order valence-electron chi connectivity index (χ0n) is 15.7. The summed E-state index contributed by atoms with van der Waals surface area (Å²) in [4.78, 5) is 38.7. The molecule has 0 bridgehead atoms. The number of benzene rings is 1. The molecule has 3 N–H and O–H groups in total. The van der Waals surface area contributed by atoms with E-state index in [9.17, 15) is 19.5 Å². The van der Waals surface area contributed by atoms with E-state index in [4.69, 9.17) is 0 Å². The number of rotatable bonds is 5. The quantitative estimate of drug-likeness (QED) is 0.706. The Kier molecular flexibility index (Phi) is 6.37. The first kappa shape index (κ1) is 19.9. The van der Waals surface area contributed by atoms with Gasteiger partial charge in [0.1, 0.15) is 18.2 Å². The first-order chi connectivity index (χ1) is 12.2. The lowest BCUT2D eigenvalue weighted by molar-refractivity contribution is -0.137. The summed E-state index contributed by atoms with van der Waals surface area (Å²) in [6.45, 7) is 5.53. The van der Waals surface area contributed by atoms with Gasteiger partial charge >= 0.3 is 0 Å². The molecule has 0 fully saturated rings. The van der Waals surface area contributed by atoms with Crippen molar-refractivity contribution in [3.05, 3.63) is 35.4 Å². The second-order valence-electron chi connectivity index (χ2n) is 7.07. The highest BCUT2D eigenvalue weighted by atomic mass is 16.3. The van der Waals surface area contributed by atoms with Crippen LogP contribution in [0.1, 0.15) is 37.9 Å². The number of likely N-dealkylation sites (N-methyl/N-ethyl adjacent to an activating group) is 1. The van der Waals surface area contributed by atoms with Gasteiger partial charge in [-0.3, -0.25) is 14.4 Å². The van der Waals surface area contributed by atoms with Gasteiger partial charge in [-0.15, -0.1) is 0 Å². The molecule has 0 aliphatic carbocycles. The Morgan fingerprint density at radius 2 is 1.85 bits per heavy atom. The van der Waals surface area contributed by atoms with Crippen molar-refractivity contribution >= 4 is 17.7 Å². The summed E-state index contributed by atoms with van der Waals surface area (Å²) < 4.78 is 0. The van der Waals surface area contributed by atoms with Crippen molar-refractivity contribution in [3.8, 4) is 0 Å². The summed E-state index contributed by atoms with van der Waals surface area (Å²) in [6, 6.07) is 5.86. The largest absolute Gasteiger partial charge is 0.383 e. The molecule has 0 saturated heterocycles. The average molecular weight is 361 g/mol. The third-order valence-electron chi connectivity index (χ3n) is 4.64. The van der Waals surface area contributed by atoms with E-state index in [-0.39, 0.29) is 11.8 Å². The summed E-state index contributed by atoms with van der Waals surface area (Å²) in [5.41, 5.74) is 1.79. The molecule has 0 spiro atoms. The molecule has 7 nitrogen and oxygen atoms in total. The number of nitrogens with one attached hydrogen (secondary N) is 2. The summed E-state index contributed by atoms with van der Waals surface area (Å²) in [5.74, 6) is -1.52. The average Bonchev–Trinajstić information content (AvgIpc) is 2.73. The second kappa shape index (κ2) is 8.31. The Hall–Kier alpha value is -2.41. The van der Waals surface area contributed by atoms with Gasteiger partial charge in [-0.25, -0.2) is 0 Å². The predicted octanol–water partition coefficient (Wildman–Crippen LogP) is 0.380. The van der Waals surface area contributed by atoms with Crippen LogP contribution in [-0.2, 0) is 20.8 Å². The van der Waals surface area contributed by atoms with Crippen molar-refractivity contribution in [1.82, 2.24) is 15.5 Å². The minimum absolute atomic E-state index is 0.191. The van der Waals surface area contributed by atoms with Crippen LogP contribution in [0, 0.1) is 5.92 Å². The molecule has 0 saturated carbocycles. The topological polar surface area (TPSA) is 98.7 Å². The van der Waals surface area contributed by atoms with Crippen molar-refractivity contribution in [2.45, 2.75) is 45.4 Å². The summed E-state index contributed by atoms with van der Waals surface area (Å²) in [6.07, 6.45) is -0.464. The smallest absolute Gasteiger partial charge is 0.249 e. The first-order valence-electron chi connectivity index (χ1n) is 8.84. The molecule has 1 aromatic carbocycles. The SMILES string of the molecule is CC(C)[C@@H](O)C(=O)N[C@@H](C)C(=O)N[C@H]1C(=O)N(C)CCc2ccccc21. The van der Waals surface area contributed by atoms with E-state index in [1.165, 1.54) is 6.92 Å². The van der Waals surface area contributed by atoms with Gasteiger partial charge in [-0.05, 0) is 30.4 Å². The van der Waals surface area contributed by atoms with Gasteiger partial charge in [0.2, 0.25) is 17.7 Å². The van der Waals surface area contributed by atoms with Gasteiger partial charge in [-0.1, -0.05) is 38.1 Å². The first-order valence-corrected chi connectivity index (χ1v) is 8.84. The highest BCUT2D eigenvalue weighted by molar-refractivity contribution is 5.93. The van der Waals surface area contributed by atoms with E-state index < -0.39 is 30.0 Å². The fourth-order valence-corrected chi connectivity index (χ4v) is 2.87. The highest BCUT2D eigenvalue weighted by Gasteiger charge is 2.32. The zero-order valence-corrected chi connectivity index (χ0v) is 15.7. The van der Waals surface area contributed by atoms with E-state index in [1.54, 1.807) is 25.8 Å². The standard InChI is InChI=1S/C19H27N3O4/c1-11(2)16(23)18(25)20-12(3)17(24)21-15-14-8-6-5-7-13(14)9-10-22(4)19(15)26/h5-8,11-12,15-16,23H,9-10H2,1-4H3,(H,20,25)(H,21,24)/t12-,15+,16+/m0/s1. The van der Waals surface area contributed by atoms with Crippen molar-refractivity contribution in [1.29, 1.82) is 0 Å². The Balaban J connectivity index is 2.13. The molecule has 3 atom stereocenters. The molecule has 142 valence electrons. The molecule has 2 rings (SSSR count). The number of hydrogen-bond donors (Lipinski definition) is 3. The van der Waals surface area contributed by atoms with E-state index in [2.05, 4.69) is 10.6 Å². The van der Waals surface area contributed by atoms with Gasteiger partial charge < -0.3 is 20.6 Å². The number of amides is 3. The van der Waals surface area contributed by atoms with E-state index in [0.29, 0.717) is 6.54 Å². The van der Waals surface area contributed by atoms with Crippen LogP contribution in [-0.4, -0.2) is 53.5 Å². The third-order valence-corrected chi connectivity index (χ3v) is 4.64. The maximum Gasteiger partial charge on any atom is 0.249 e. The molecule has 1 aromatic rings. The van der Waals surface area contributed by atoms with E-state index in [0.717, 1.165) is 17.5 Å². The number of aliphatic hydroxyl groups is 1. The minimum Gasteiger partial charge on any atom is -0.383 e. The number of carbonyl (C=O) groups excluding carboxylic acids is 3. The summed E-state index contributed by atoms with van der Waals surface area (Å²) >= 11 is 0. The Morgan fingerprint density at radius 3 is 2.50 bits per heavy atom. The molecule has 7 heteroatoms. The Labute approximate surface area is 153 Å². The monoisotopic (exact) mass is 361 g/mol. The summed E-state index contributed by atoms with van der Waals surface area (Å²) in [7, 11) is 1.71. The Bertz CT molecular complexity index is 689. The van der Waals surface area contributed by atoms with Crippen LogP contribution in [0.15, 0.2) is 24.3 Å². The van der Waals surface area contributed by atoms with Crippen LogP contribution in [0.4, 0.5) is 0 Å². The van der Waals surface area contributed by atoms with E-state index in [1.807, 2.05) is 24.3 Å². The number of hydrogen-bond acceptors (Lipinski definition) is 4. The van der Waals surface area contributed by atoms with Crippen LogP contribution in [0.25, 0.3) is 0 Å². The molecule has 3 amide bonds. The predicted molar refractivity (Wildman–Crippen MR) is 97.1 cm³/mol. The fourth-order valence-electron chi connectivity index (χ4n) is 2.87. The van der Waals surface area contributed by atoms with Crippen molar-refractivity contribution in [2.75, 3.05) is 13.6 Å². The third kappa shape index (κ3) is 4.40.